The highest BCUT2D eigenvalue weighted by atomic mass is 19.1. The lowest BCUT2D eigenvalue weighted by Crippen LogP contribution is -1.92. The summed E-state index contributed by atoms with van der Waals surface area (Å²) in [6.45, 7) is 0. The summed E-state index contributed by atoms with van der Waals surface area (Å²) in [7, 11) is 1.70. The molecule has 2 aromatic rings. The second kappa shape index (κ2) is 3.65. The number of rotatable bonds is 2. The molecule has 0 unspecified atom stereocenters. The second-order valence-corrected chi connectivity index (χ2v) is 3.19. The van der Waals surface area contributed by atoms with Gasteiger partial charge in [0, 0.05) is 18.8 Å². The van der Waals surface area contributed by atoms with Crippen LogP contribution in [-0.2, 0) is 7.05 Å². The van der Waals surface area contributed by atoms with Crippen molar-refractivity contribution in [2.75, 3.05) is 0 Å². The van der Waals surface area contributed by atoms with E-state index in [9.17, 15) is 9.18 Å². The third-order valence-electron chi connectivity index (χ3n) is 2.17. The fourth-order valence-corrected chi connectivity index (χ4v) is 1.39. The average Bonchev–Trinajstić information content (AvgIpc) is 2.60. The Balaban J connectivity index is 2.55. The lowest BCUT2D eigenvalue weighted by atomic mass is 10.1. The summed E-state index contributed by atoms with van der Waals surface area (Å²) in [5.41, 5.74) is 0.874. The summed E-state index contributed by atoms with van der Waals surface area (Å²) in [6.07, 6.45) is 2.27. The Kier molecular flexibility index (Phi) is 2.33. The first-order valence-corrected chi connectivity index (χ1v) is 4.46. The van der Waals surface area contributed by atoms with Gasteiger partial charge >= 0.3 is 0 Å². The maximum absolute atomic E-state index is 13.4. The molecule has 2 rings (SSSR count). The van der Waals surface area contributed by atoms with E-state index < -0.39 is 0 Å². The molecule has 15 heavy (non-hydrogen) atoms. The molecular formula is C11H9FN2O. The van der Waals surface area contributed by atoms with Crippen molar-refractivity contribution >= 4 is 6.29 Å². The van der Waals surface area contributed by atoms with Crippen LogP contribution in [0.15, 0.2) is 30.5 Å². The Hall–Kier alpha value is -1.97. The molecule has 0 aliphatic rings. The molecule has 0 spiro atoms. The zero-order chi connectivity index (χ0) is 10.8. The van der Waals surface area contributed by atoms with Crippen molar-refractivity contribution in [2.45, 2.75) is 0 Å². The van der Waals surface area contributed by atoms with Gasteiger partial charge in [-0.05, 0) is 12.1 Å². The summed E-state index contributed by atoms with van der Waals surface area (Å²) < 4.78 is 14.9. The van der Waals surface area contributed by atoms with E-state index in [0.717, 1.165) is 0 Å². The number of carbonyl (C=O) groups is 1. The van der Waals surface area contributed by atoms with E-state index in [-0.39, 0.29) is 11.6 Å². The van der Waals surface area contributed by atoms with Gasteiger partial charge < -0.3 is 4.57 Å². The Labute approximate surface area is 86.2 Å². The summed E-state index contributed by atoms with van der Waals surface area (Å²) in [4.78, 5) is 14.6. The molecule has 0 saturated carbocycles. The summed E-state index contributed by atoms with van der Waals surface area (Å²) in [5, 5.41) is 0. The van der Waals surface area contributed by atoms with Crippen LogP contribution in [0.5, 0.6) is 0 Å². The van der Waals surface area contributed by atoms with Crippen LogP contribution in [0, 0.1) is 5.82 Å². The molecule has 0 aliphatic heterocycles. The van der Waals surface area contributed by atoms with Crippen LogP contribution in [0.4, 0.5) is 4.39 Å². The van der Waals surface area contributed by atoms with Crippen molar-refractivity contribution < 1.29 is 9.18 Å². The van der Waals surface area contributed by atoms with Gasteiger partial charge in [0.2, 0.25) is 0 Å². The monoisotopic (exact) mass is 204 g/mol. The highest BCUT2D eigenvalue weighted by molar-refractivity contribution is 5.72. The van der Waals surface area contributed by atoms with E-state index in [1.54, 1.807) is 36.0 Å². The van der Waals surface area contributed by atoms with Gasteiger partial charge in [-0.15, -0.1) is 0 Å². The first-order chi connectivity index (χ1) is 7.22. The average molecular weight is 204 g/mol. The van der Waals surface area contributed by atoms with Crippen molar-refractivity contribution in [3.8, 4) is 11.3 Å². The number of halogens is 1. The van der Waals surface area contributed by atoms with Crippen LogP contribution in [0.3, 0.4) is 0 Å². The number of carbonyl (C=O) groups excluding carboxylic acids is 1. The fraction of sp³-hybridized carbons (Fsp3) is 0.0909. The molecule has 0 aliphatic carbocycles. The van der Waals surface area contributed by atoms with Gasteiger partial charge in [0.05, 0.1) is 5.69 Å². The topological polar surface area (TPSA) is 34.9 Å². The number of hydrogen-bond donors (Lipinski definition) is 0. The van der Waals surface area contributed by atoms with Gasteiger partial charge in [0.1, 0.15) is 5.82 Å². The zero-order valence-electron chi connectivity index (χ0n) is 8.14. The minimum absolute atomic E-state index is 0.285. The maximum atomic E-state index is 13.4. The first-order valence-electron chi connectivity index (χ1n) is 4.46. The fourth-order valence-electron chi connectivity index (χ4n) is 1.39. The molecule has 0 radical (unpaired) electrons. The number of nitrogens with zero attached hydrogens (tertiary/aromatic N) is 2. The number of hydrogen-bond acceptors (Lipinski definition) is 2. The number of aldehydes is 1. The zero-order valence-corrected chi connectivity index (χ0v) is 8.14. The van der Waals surface area contributed by atoms with Gasteiger partial charge in [-0.25, -0.2) is 9.37 Å². The molecule has 1 aromatic heterocycles. The van der Waals surface area contributed by atoms with E-state index in [2.05, 4.69) is 4.98 Å². The summed E-state index contributed by atoms with van der Waals surface area (Å²) in [6, 6.07) is 6.34. The van der Waals surface area contributed by atoms with Crippen molar-refractivity contribution in [1.82, 2.24) is 9.55 Å². The van der Waals surface area contributed by atoms with Crippen LogP contribution in [0.1, 0.15) is 10.6 Å². The number of aryl methyl sites for hydroxylation is 1. The van der Waals surface area contributed by atoms with Crippen molar-refractivity contribution in [3.05, 3.63) is 42.1 Å². The predicted molar refractivity (Wildman–Crippen MR) is 54.0 cm³/mol. The SMILES string of the molecule is Cn1cc(-c2ccccc2F)nc1C=O. The molecule has 0 atom stereocenters. The molecule has 0 bridgehead atoms. The minimum Gasteiger partial charge on any atom is -0.331 e. The first kappa shape index (κ1) is 9.58. The van der Waals surface area contributed by atoms with Gasteiger partial charge in [-0.1, -0.05) is 12.1 Å². The highest BCUT2D eigenvalue weighted by Gasteiger charge is 2.09. The van der Waals surface area contributed by atoms with Gasteiger partial charge in [-0.3, -0.25) is 4.79 Å². The molecule has 1 heterocycles. The van der Waals surface area contributed by atoms with E-state index in [0.29, 0.717) is 17.5 Å². The van der Waals surface area contributed by atoms with Crippen LogP contribution in [0.25, 0.3) is 11.3 Å². The summed E-state index contributed by atoms with van der Waals surface area (Å²) in [5.74, 6) is -0.0543. The molecule has 0 fully saturated rings. The molecule has 4 heteroatoms. The van der Waals surface area contributed by atoms with Crippen molar-refractivity contribution in [3.63, 3.8) is 0 Å². The number of aromatic nitrogens is 2. The van der Waals surface area contributed by atoms with E-state index >= 15 is 0 Å². The largest absolute Gasteiger partial charge is 0.331 e. The molecule has 0 saturated heterocycles. The third-order valence-corrected chi connectivity index (χ3v) is 2.17. The smallest absolute Gasteiger partial charge is 0.185 e. The van der Waals surface area contributed by atoms with E-state index in [4.69, 9.17) is 0 Å². The van der Waals surface area contributed by atoms with E-state index in [1.165, 1.54) is 6.07 Å². The Morgan fingerprint density at radius 2 is 2.13 bits per heavy atom. The third kappa shape index (κ3) is 1.66. The lowest BCUT2D eigenvalue weighted by Gasteiger charge is -1.96. The lowest BCUT2D eigenvalue weighted by molar-refractivity contribution is 0.111. The molecule has 0 N–H and O–H groups in total. The molecule has 1 aromatic carbocycles. The normalized spacial score (nSPS) is 10.3. The summed E-state index contributed by atoms with van der Waals surface area (Å²) >= 11 is 0. The number of benzene rings is 1. The second-order valence-electron chi connectivity index (χ2n) is 3.19. The Morgan fingerprint density at radius 1 is 1.40 bits per heavy atom. The van der Waals surface area contributed by atoms with Crippen LogP contribution < -0.4 is 0 Å². The van der Waals surface area contributed by atoms with Crippen molar-refractivity contribution in [2.24, 2.45) is 7.05 Å². The van der Waals surface area contributed by atoms with E-state index in [1.807, 2.05) is 0 Å². The van der Waals surface area contributed by atoms with Crippen LogP contribution in [-0.4, -0.2) is 15.8 Å². The van der Waals surface area contributed by atoms with Gasteiger partial charge in [0.25, 0.3) is 0 Å². The minimum atomic E-state index is -0.340. The maximum Gasteiger partial charge on any atom is 0.185 e. The van der Waals surface area contributed by atoms with Crippen molar-refractivity contribution in [1.29, 1.82) is 0 Å². The van der Waals surface area contributed by atoms with Crippen LogP contribution in [0.2, 0.25) is 0 Å². The Morgan fingerprint density at radius 3 is 2.73 bits per heavy atom. The predicted octanol–water partition coefficient (Wildman–Crippen LogP) is 2.04. The highest BCUT2D eigenvalue weighted by Crippen LogP contribution is 2.20. The number of imidazole rings is 1. The molecule has 76 valence electrons. The Bertz CT molecular complexity index is 505. The van der Waals surface area contributed by atoms with Gasteiger partial charge in [-0.2, -0.15) is 0 Å². The van der Waals surface area contributed by atoms with Crippen LogP contribution >= 0.6 is 0 Å². The standard InChI is InChI=1S/C11H9FN2O/c1-14-6-10(13-11(14)7-15)8-4-2-3-5-9(8)12/h2-7H,1H3. The van der Waals surface area contributed by atoms with Gasteiger partial charge in [0.15, 0.2) is 12.1 Å². The molecule has 0 amide bonds. The molecule has 3 nitrogen and oxygen atoms in total. The molecular weight excluding hydrogens is 195 g/mol. The quantitative estimate of drug-likeness (QED) is 0.701.